The Balaban J connectivity index is 0.00000169. The maximum Gasteiger partial charge on any atom is 0.223 e. The summed E-state index contributed by atoms with van der Waals surface area (Å²) in [7, 11) is 0. The monoisotopic (exact) mass is 421 g/mol. The number of nitrogens with two attached hydrogens (primary N) is 1. The Morgan fingerprint density at radius 1 is 1.23 bits per heavy atom. The maximum absolute atomic E-state index is 12.5. The molecule has 26 heavy (non-hydrogen) atoms. The first-order valence-corrected chi connectivity index (χ1v) is 9.54. The molecule has 3 unspecified atom stereocenters. The number of amides is 1. The molecule has 1 saturated carbocycles. The molecule has 1 aromatic carbocycles. The highest BCUT2D eigenvalue weighted by Gasteiger charge is 2.28. The van der Waals surface area contributed by atoms with Gasteiger partial charge in [-0.05, 0) is 62.9 Å². The second kappa shape index (κ2) is 11.4. The maximum atomic E-state index is 12.5. The van der Waals surface area contributed by atoms with E-state index in [1.54, 1.807) is 0 Å². The van der Waals surface area contributed by atoms with Gasteiger partial charge >= 0.3 is 0 Å². The van der Waals surface area contributed by atoms with Crippen LogP contribution in [-0.4, -0.2) is 36.5 Å². The van der Waals surface area contributed by atoms with Crippen LogP contribution < -0.4 is 11.1 Å². The lowest BCUT2D eigenvalue weighted by molar-refractivity contribution is -0.126. The number of benzene rings is 1. The minimum atomic E-state index is 0. The van der Waals surface area contributed by atoms with E-state index in [-0.39, 0.29) is 48.7 Å². The van der Waals surface area contributed by atoms with Gasteiger partial charge in [0.2, 0.25) is 5.91 Å². The molecule has 7 heteroatoms. The highest BCUT2D eigenvalue weighted by Crippen LogP contribution is 2.27. The summed E-state index contributed by atoms with van der Waals surface area (Å²) in [6.45, 7) is 2.81. The van der Waals surface area contributed by atoms with Crippen LogP contribution in [0, 0.1) is 5.92 Å². The zero-order valence-corrected chi connectivity index (χ0v) is 17.4. The molecule has 1 aliphatic heterocycles. The van der Waals surface area contributed by atoms with Crippen molar-refractivity contribution in [2.24, 2.45) is 11.7 Å². The molecule has 148 valence electrons. The van der Waals surface area contributed by atoms with E-state index < -0.39 is 0 Å². The molecular formula is C19H30Cl3N3O. The largest absolute Gasteiger partial charge is 0.354 e. The summed E-state index contributed by atoms with van der Waals surface area (Å²) in [5.41, 5.74) is 7.21. The first-order chi connectivity index (χ1) is 11.6. The van der Waals surface area contributed by atoms with Gasteiger partial charge in [0.15, 0.2) is 0 Å². The van der Waals surface area contributed by atoms with Crippen LogP contribution in [0.5, 0.6) is 0 Å². The Labute approximate surface area is 174 Å². The predicted molar refractivity (Wildman–Crippen MR) is 112 cm³/mol. The van der Waals surface area contributed by atoms with Crippen LogP contribution in [0.2, 0.25) is 5.02 Å². The first-order valence-electron chi connectivity index (χ1n) is 9.16. The van der Waals surface area contributed by atoms with Gasteiger partial charge in [0.05, 0.1) is 6.04 Å². The molecule has 2 fully saturated rings. The lowest BCUT2D eigenvalue weighted by Crippen LogP contribution is -2.41. The Hall–Kier alpha value is -0.520. The topological polar surface area (TPSA) is 58.4 Å². The van der Waals surface area contributed by atoms with E-state index >= 15 is 0 Å². The van der Waals surface area contributed by atoms with Crippen molar-refractivity contribution in [2.75, 3.05) is 19.6 Å². The Morgan fingerprint density at radius 3 is 2.62 bits per heavy atom. The van der Waals surface area contributed by atoms with Gasteiger partial charge < -0.3 is 11.1 Å². The van der Waals surface area contributed by atoms with Crippen LogP contribution in [0.1, 0.15) is 50.1 Å². The van der Waals surface area contributed by atoms with E-state index in [1.807, 2.05) is 18.2 Å². The fraction of sp³-hybridized carbons (Fsp3) is 0.632. The molecular weight excluding hydrogens is 393 g/mol. The van der Waals surface area contributed by atoms with Crippen LogP contribution >= 0.6 is 36.4 Å². The molecule has 3 rings (SSSR count). The molecule has 1 aliphatic carbocycles. The van der Waals surface area contributed by atoms with E-state index in [9.17, 15) is 4.79 Å². The van der Waals surface area contributed by atoms with Crippen molar-refractivity contribution in [3.8, 4) is 0 Å². The van der Waals surface area contributed by atoms with Crippen molar-refractivity contribution in [2.45, 2.75) is 50.6 Å². The number of rotatable bonds is 5. The molecule has 0 radical (unpaired) electrons. The molecule has 0 aromatic heterocycles. The highest BCUT2D eigenvalue weighted by atomic mass is 35.5. The Kier molecular flexibility index (Phi) is 10.3. The van der Waals surface area contributed by atoms with Gasteiger partial charge in [-0.3, -0.25) is 9.69 Å². The van der Waals surface area contributed by atoms with Crippen LogP contribution in [0.15, 0.2) is 24.3 Å². The second-order valence-electron chi connectivity index (χ2n) is 7.18. The zero-order valence-electron chi connectivity index (χ0n) is 15.0. The van der Waals surface area contributed by atoms with Crippen molar-refractivity contribution >= 4 is 42.3 Å². The van der Waals surface area contributed by atoms with Gasteiger partial charge in [-0.1, -0.05) is 30.2 Å². The number of halogens is 3. The van der Waals surface area contributed by atoms with E-state index in [0.717, 1.165) is 43.8 Å². The summed E-state index contributed by atoms with van der Waals surface area (Å²) in [6, 6.07) is 8.39. The normalized spacial score (nSPS) is 24.2. The van der Waals surface area contributed by atoms with E-state index in [4.69, 9.17) is 17.3 Å². The highest BCUT2D eigenvalue weighted by molar-refractivity contribution is 6.30. The third kappa shape index (κ3) is 6.28. The summed E-state index contributed by atoms with van der Waals surface area (Å²) in [5, 5.41) is 3.94. The molecule has 3 N–H and O–H groups in total. The summed E-state index contributed by atoms with van der Waals surface area (Å²) in [5.74, 6) is 0.240. The van der Waals surface area contributed by atoms with E-state index in [0.29, 0.717) is 6.54 Å². The molecule has 3 atom stereocenters. The lowest BCUT2D eigenvalue weighted by Gasteiger charge is -2.30. The molecule has 1 amide bonds. The van der Waals surface area contributed by atoms with Gasteiger partial charge in [-0.15, -0.1) is 24.8 Å². The minimum Gasteiger partial charge on any atom is -0.354 e. The van der Waals surface area contributed by atoms with Crippen LogP contribution in [0.4, 0.5) is 0 Å². The number of carbonyl (C=O) groups is 1. The summed E-state index contributed by atoms with van der Waals surface area (Å²) < 4.78 is 0. The average molecular weight is 423 g/mol. The number of carbonyl (C=O) groups excluding carboxylic acids is 1. The minimum absolute atomic E-state index is 0. The van der Waals surface area contributed by atoms with Crippen LogP contribution in [-0.2, 0) is 4.79 Å². The SMILES string of the molecule is Cl.Cl.NC1CCCC(C(=O)NCC(c2cccc(Cl)c2)N2CCCC2)C1. The second-order valence-corrected chi connectivity index (χ2v) is 7.62. The molecule has 1 saturated heterocycles. The molecule has 0 spiro atoms. The molecule has 2 aliphatic rings. The molecule has 4 nitrogen and oxygen atoms in total. The van der Waals surface area contributed by atoms with Gasteiger partial charge in [-0.2, -0.15) is 0 Å². The van der Waals surface area contributed by atoms with E-state index in [1.165, 1.54) is 18.4 Å². The fourth-order valence-electron chi connectivity index (χ4n) is 4.03. The number of hydrogen-bond donors (Lipinski definition) is 2. The number of likely N-dealkylation sites (tertiary alicyclic amines) is 1. The molecule has 1 heterocycles. The number of nitrogens with zero attached hydrogens (tertiary/aromatic N) is 1. The average Bonchev–Trinajstić information content (AvgIpc) is 3.09. The smallest absolute Gasteiger partial charge is 0.223 e. The quantitative estimate of drug-likeness (QED) is 0.755. The van der Waals surface area contributed by atoms with Gasteiger partial charge in [0.25, 0.3) is 0 Å². The Bertz CT molecular complexity index is 567. The lowest BCUT2D eigenvalue weighted by atomic mass is 9.85. The zero-order chi connectivity index (χ0) is 16.9. The van der Waals surface area contributed by atoms with Crippen molar-refractivity contribution in [3.63, 3.8) is 0 Å². The van der Waals surface area contributed by atoms with Crippen molar-refractivity contribution in [1.82, 2.24) is 10.2 Å². The summed E-state index contributed by atoms with van der Waals surface area (Å²) >= 11 is 6.18. The number of hydrogen-bond acceptors (Lipinski definition) is 3. The van der Waals surface area contributed by atoms with Gasteiger partial charge in [0.1, 0.15) is 0 Å². The van der Waals surface area contributed by atoms with E-state index in [2.05, 4.69) is 16.3 Å². The summed E-state index contributed by atoms with van der Waals surface area (Å²) in [4.78, 5) is 15.0. The van der Waals surface area contributed by atoms with Crippen LogP contribution in [0.3, 0.4) is 0 Å². The van der Waals surface area contributed by atoms with Crippen LogP contribution in [0.25, 0.3) is 0 Å². The fourth-order valence-corrected chi connectivity index (χ4v) is 4.23. The van der Waals surface area contributed by atoms with Crippen molar-refractivity contribution in [1.29, 1.82) is 0 Å². The molecule has 1 aromatic rings. The molecule has 0 bridgehead atoms. The van der Waals surface area contributed by atoms with Gasteiger partial charge in [0, 0.05) is 23.5 Å². The van der Waals surface area contributed by atoms with Gasteiger partial charge in [-0.25, -0.2) is 0 Å². The van der Waals surface area contributed by atoms with Crippen molar-refractivity contribution < 1.29 is 4.79 Å². The standard InChI is InChI=1S/C19H28ClN3O.2ClH/c20-16-7-3-5-14(11-16)18(23-9-1-2-10-23)13-22-19(24)15-6-4-8-17(21)12-15;;/h3,5,7,11,15,17-18H,1-2,4,6,8-10,12-13,21H2,(H,22,24);2*1H. The third-order valence-corrected chi connectivity index (χ3v) is 5.61. The predicted octanol–water partition coefficient (Wildman–Crippen LogP) is 3.95. The number of nitrogens with one attached hydrogen (secondary N) is 1. The Morgan fingerprint density at radius 2 is 1.96 bits per heavy atom. The van der Waals surface area contributed by atoms with Crippen molar-refractivity contribution in [3.05, 3.63) is 34.9 Å². The first kappa shape index (κ1) is 23.5. The third-order valence-electron chi connectivity index (χ3n) is 5.37. The summed E-state index contributed by atoms with van der Waals surface area (Å²) in [6.07, 6.45) is 6.33.